The Morgan fingerprint density at radius 1 is 1.00 bits per heavy atom. The van der Waals surface area contributed by atoms with Crippen LogP contribution < -0.4 is 5.32 Å². The molecule has 3 fully saturated rings. The van der Waals surface area contributed by atoms with E-state index in [9.17, 15) is 9.59 Å². The van der Waals surface area contributed by atoms with E-state index in [1.165, 1.54) is 10.5 Å². The van der Waals surface area contributed by atoms with Gasteiger partial charge in [-0.2, -0.15) is 0 Å². The van der Waals surface area contributed by atoms with Crippen molar-refractivity contribution in [3.8, 4) is 0 Å². The van der Waals surface area contributed by atoms with Crippen LogP contribution in [-0.4, -0.2) is 70.2 Å². The van der Waals surface area contributed by atoms with Crippen LogP contribution in [0.25, 0.3) is 0 Å². The van der Waals surface area contributed by atoms with Gasteiger partial charge in [-0.3, -0.25) is 24.8 Å². The molecule has 0 aromatic heterocycles. The molecule has 4 atom stereocenters. The summed E-state index contributed by atoms with van der Waals surface area (Å²) in [6.45, 7) is 4.96. The van der Waals surface area contributed by atoms with Crippen LogP contribution in [0.1, 0.15) is 18.1 Å². The molecule has 32 heavy (non-hydrogen) atoms. The highest BCUT2D eigenvalue weighted by Crippen LogP contribution is 2.33. The van der Waals surface area contributed by atoms with Crippen molar-refractivity contribution in [2.45, 2.75) is 38.5 Å². The summed E-state index contributed by atoms with van der Waals surface area (Å²) in [5, 5.41) is 4.17. The minimum absolute atomic E-state index is 0.0910. The molecule has 3 heterocycles. The van der Waals surface area contributed by atoms with Crippen molar-refractivity contribution in [1.82, 2.24) is 24.9 Å². The Morgan fingerprint density at radius 2 is 1.75 bits per heavy atom. The lowest BCUT2D eigenvalue weighted by Crippen LogP contribution is -2.66. The number of nitrogens with zero attached hydrogens (tertiary/aromatic N) is 4. The van der Waals surface area contributed by atoms with Crippen molar-refractivity contribution in [2.75, 3.05) is 20.1 Å². The number of hydrogen-bond acceptors (Lipinski definition) is 5. The second-order valence-electron chi connectivity index (χ2n) is 9.09. The molecule has 0 aliphatic carbocycles. The first-order valence-corrected chi connectivity index (χ1v) is 11.4. The van der Waals surface area contributed by atoms with Gasteiger partial charge in [0.15, 0.2) is 0 Å². The van der Waals surface area contributed by atoms with E-state index in [0.717, 1.165) is 25.2 Å². The summed E-state index contributed by atoms with van der Waals surface area (Å²) in [6.07, 6.45) is -0.439. The Labute approximate surface area is 193 Å². The van der Waals surface area contributed by atoms with E-state index in [-0.39, 0.29) is 30.9 Å². The van der Waals surface area contributed by atoms with Gasteiger partial charge in [-0.25, -0.2) is 4.79 Å². The first-order chi connectivity index (χ1) is 15.4. The number of amides is 3. The fraction of sp³-hybridized carbons (Fsp3) is 0.417. The molecule has 4 unspecified atom stereocenters. The Hall–Kier alpha value is -2.45. The normalized spacial score (nSPS) is 28.7. The molecule has 2 aromatic carbocycles. The van der Waals surface area contributed by atoms with Gasteiger partial charge >= 0.3 is 6.03 Å². The minimum Gasteiger partial charge on any atom is -0.310 e. The molecule has 0 bridgehead atoms. The molecular formula is C24H28ClN5O2. The molecule has 3 saturated heterocycles. The molecule has 3 aliphatic rings. The van der Waals surface area contributed by atoms with Gasteiger partial charge in [-0.15, -0.1) is 0 Å². The summed E-state index contributed by atoms with van der Waals surface area (Å²) in [5.74, 6) is 0.259. The van der Waals surface area contributed by atoms with Gasteiger partial charge in [-0.05, 0) is 29.2 Å². The topological polar surface area (TPSA) is 59.1 Å². The largest absolute Gasteiger partial charge is 0.328 e. The zero-order valence-electron chi connectivity index (χ0n) is 18.3. The number of fused-ring (bicyclic) bond motifs is 3. The van der Waals surface area contributed by atoms with Crippen LogP contribution >= 0.6 is 11.6 Å². The van der Waals surface area contributed by atoms with Crippen LogP contribution in [0.4, 0.5) is 4.79 Å². The zero-order valence-corrected chi connectivity index (χ0v) is 19.1. The number of urea groups is 1. The highest BCUT2D eigenvalue weighted by atomic mass is 35.5. The summed E-state index contributed by atoms with van der Waals surface area (Å²) in [7, 11) is 1.77. The molecule has 8 heteroatoms. The standard InChI is InChI=1S/C24H28ClN5O2/c1-16-12-28(14-17-7-4-3-5-8-17)23-26-21-20(29(23)13-16)22(31)30(24(32)27(21)2)15-18-9-6-10-19(25)11-18/h3-11,16,20-21,23,26H,12-15H2,1-2H3. The average molecular weight is 454 g/mol. The lowest BCUT2D eigenvalue weighted by atomic mass is 10.0. The molecule has 168 valence electrons. The number of benzene rings is 2. The fourth-order valence-corrected chi connectivity index (χ4v) is 5.43. The van der Waals surface area contributed by atoms with Crippen LogP contribution in [-0.2, 0) is 17.9 Å². The minimum atomic E-state index is -0.414. The Kier molecular flexibility index (Phi) is 5.67. The SMILES string of the molecule is CC1CN(Cc2ccccc2)C2NC3C(C(=O)N(Cc4cccc(Cl)c4)C(=O)N3C)N2C1. The summed E-state index contributed by atoms with van der Waals surface area (Å²) < 4.78 is 0. The maximum Gasteiger partial charge on any atom is 0.328 e. The molecule has 3 aliphatic heterocycles. The maximum absolute atomic E-state index is 13.6. The van der Waals surface area contributed by atoms with Gasteiger partial charge < -0.3 is 4.90 Å². The van der Waals surface area contributed by atoms with Crippen molar-refractivity contribution in [2.24, 2.45) is 5.92 Å². The van der Waals surface area contributed by atoms with Crippen LogP contribution in [0.2, 0.25) is 5.02 Å². The van der Waals surface area contributed by atoms with Gasteiger partial charge in [0, 0.05) is 31.7 Å². The van der Waals surface area contributed by atoms with Crippen molar-refractivity contribution in [3.05, 3.63) is 70.7 Å². The van der Waals surface area contributed by atoms with Crippen LogP contribution in [0.15, 0.2) is 54.6 Å². The van der Waals surface area contributed by atoms with Crippen molar-refractivity contribution >= 4 is 23.5 Å². The van der Waals surface area contributed by atoms with E-state index < -0.39 is 6.04 Å². The Balaban J connectivity index is 1.41. The monoisotopic (exact) mass is 453 g/mol. The number of nitrogens with one attached hydrogen (secondary N) is 1. The molecule has 2 aromatic rings. The molecule has 0 spiro atoms. The van der Waals surface area contributed by atoms with E-state index in [4.69, 9.17) is 11.6 Å². The number of hydrogen-bond donors (Lipinski definition) is 1. The summed E-state index contributed by atoms with van der Waals surface area (Å²) >= 11 is 6.12. The van der Waals surface area contributed by atoms with Gasteiger partial charge in [0.25, 0.3) is 5.91 Å². The Morgan fingerprint density at radius 3 is 2.50 bits per heavy atom. The number of carbonyl (C=O) groups excluding carboxylic acids is 2. The smallest absolute Gasteiger partial charge is 0.310 e. The van der Waals surface area contributed by atoms with Gasteiger partial charge in [0.1, 0.15) is 18.5 Å². The number of halogens is 1. The predicted octanol–water partition coefficient (Wildman–Crippen LogP) is 2.77. The van der Waals surface area contributed by atoms with Crippen LogP contribution in [0.3, 0.4) is 0 Å². The first-order valence-electron chi connectivity index (χ1n) is 11.0. The summed E-state index contributed by atoms with van der Waals surface area (Å²) in [4.78, 5) is 34.4. The first kappa shape index (κ1) is 21.4. The molecular weight excluding hydrogens is 426 g/mol. The fourth-order valence-electron chi connectivity index (χ4n) is 5.22. The molecule has 0 saturated carbocycles. The zero-order chi connectivity index (χ0) is 22.4. The van der Waals surface area contributed by atoms with E-state index in [1.807, 2.05) is 30.3 Å². The second kappa shape index (κ2) is 8.48. The van der Waals surface area contributed by atoms with E-state index >= 15 is 0 Å². The average Bonchev–Trinajstić information content (AvgIpc) is 3.16. The summed E-state index contributed by atoms with van der Waals surface area (Å²) in [5.41, 5.74) is 2.07. The number of imide groups is 1. The summed E-state index contributed by atoms with van der Waals surface area (Å²) in [6, 6.07) is 17.0. The lowest BCUT2D eigenvalue weighted by Gasteiger charge is -2.45. The third-order valence-corrected chi connectivity index (χ3v) is 6.87. The highest BCUT2D eigenvalue weighted by Gasteiger charge is 2.56. The molecule has 5 rings (SSSR count). The number of likely N-dealkylation sites (N-methyl/N-ethyl adjacent to an activating group) is 1. The van der Waals surface area contributed by atoms with Gasteiger partial charge in [-0.1, -0.05) is 61.0 Å². The molecule has 1 N–H and O–H groups in total. The third-order valence-electron chi connectivity index (χ3n) is 6.63. The highest BCUT2D eigenvalue weighted by molar-refractivity contribution is 6.30. The van der Waals surface area contributed by atoms with E-state index in [0.29, 0.717) is 10.9 Å². The van der Waals surface area contributed by atoms with Gasteiger partial charge in [0.05, 0.1) is 6.54 Å². The molecule has 7 nitrogen and oxygen atoms in total. The van der Waals surface area contributed by atoms with Crippen LogP contribution in [0, 0.1) is 5.92 Å². The lowest BCUT2D eigenvalue weighted by molar-refractivity contribution is -0.141. The Bertz CT molecular complexity index is 1020. The van der Waals surface area contributed by atoms with Gasteiger partial charge in [0.2, 0.25) is 0 Å². The molecule has 0 radical (unpaired) electrons. The number of rotatable bonds is 4. The maximum atomic E-state index is 13.6. The predicted molar refractivity (Wildman–Crippen MR) is 122 cm³/mol. The third kappa shape index (κ3) is 3.79. The van der Waals surface area contributed by atoms with Crippen molar-refractivity contribution in [1.29, 1.82) is 0 Å². The van der Waals surface area contributed by atoms with Crippen molar-refractivity contribution < 1.29 is 9.59 Å². The van der Waals surface area contributed by atoms with Crippen molar-refractivity contribution in [3.63, 3.8) is 0 Å². The quantitative estimate of drug-likeness (QED) is 0.771. The second-order valence-corrected chi connectivity index (χ2v) is 9.53. The molecule has 3 amide bonds. The number of carbonyl (C=O) groups is 2. The van der Waals surface area contributed by atoms with E-state index in [2.05, 4.69) is 34.2 Å². The van der Waals surface area contributed by atoms with E-state index in [1.54, 1.807) is 24.1 Å². The van der Waals surface area contributed by atoms with Crippen LogP contribution in [0.5, 0.6) is 0 Å².